The number of hydrazone groups is 1. The van der Waals surface area contributed by atoms with E-state index in [1.54, 1.807) is 0 Å². The Morgan fingerprint density at radius 1 is 1.29 bits per heavy atom. The zero-order chi connectivity index (χ0) is 12.3. The van der Waals surface area contributed by atoms with Crippen LogP contribution in [0.4, 0.5) is 0 Å². The van der Waals surface area contributed by atoms with Gasteiger partial charge < -0.3 is 4.74 Å². The molecule has 0 radical (unpaired) electrons. The molecule has 1 aromatic carbocycles. The van der Waals surface area contributed by atoms with Crippen molar-refractivity contribution in [2.75, 3.05) is 6.61 Å². The first-order valence-electron chi connectivity index (χ1n) is 5.82. The van der Waals surface area contributed by atoms with Crippen molar-refractivity contribution in [3.05, 3.63) is 35.9 Å². The Balaban J connectivity index is 2.48. The van der Waals surface area contributed by atoms with Crippen molar-refractivity contribution < 1.29 is 9.53 Å². The molecular formula is C13H16N2O2. The van der Waals surface area contributed by atoms with Crippen LogP contribution in [-0.4, -0.2) is 18.4 Å². The van der Waals surface area contributed by atoms with Crippen LogP contribution in [0.15, 0.2) is 35.4 Å². The standard InChI is InChI=1S/C13H16N2O2/c1-3-13(10-8-6-5-7-9-10)11(16)14-15-12(13)17-4-2/h5-9H,3-4H2,1-2H3,(H,14,16). The fourth-order valence-corrected chi connectivity index (χ4v) is 2.17. The average Bonchev–Trinajstić information content (AvgIpc) is 2.69. The topological polar surface area (TPSA) is 50.7 Å². The van der Waals surface area contributed by atoms with Gasteiger partial charge in [0.2, 0.25) is 5.90 Å². The van der Waals surface area contributed by atoms with Crippen molar-refractivity contribution in [2.45, 2.75) is 25.7 Å². The Kier molecular flexibility index (Phi) is 3.13. The van der Waals surface area contributed by atoms with E-state index in [-0.39, 0.29) is 5.91 Å². The van der Waals surface area contributed by atoms with E-state index in [9.17, 15) is 4.79 Å². The molecule has 1 heterocycles. The maximum atomic E-state index is 12.1. The van der Waals surface area contributed by atoms with Gasteiger partial charge >= 0.3 is 0 Å². The van der Waals surface area contributed by atoms with Gasteiger partial charge in [-0.2, -0.15) is 0 Å². The van der Waals surface area contributed by atoms with Gasteiger partial charge in [0.1, 0.15) is 0 Å². The highest BCUT2D eigenvalue weighted by Gasteiger charge is 2.49. The lowest BCUT2D eigenvalue weighted by Gasteiger charge is -2.26. The molecule has 0 saturated heterocycles. The van der Waals surface area contributed by atoms with Crippen molar-refractivity contribution in [1.29, 1.82) is 0 Å². The van der Waals surface area contributed by atoms with E-state index in [2.05, 4.69) is 10.5 Å². The minimum Gasteiger partial charge on any atom is -0.479 e. The molecule has 1 atom stereocenters. The number of nitrogens with zero attached hydrogens (tertiary/aromatic N) is 1. The summed E-state index contributed by atoms with van der Waals surface area (Å²) in [6.45, 7) is 4.35. The third kappa shape index (κ3) is 1.69. The molecule has 0 fully saturated rings. The number of carbonyl (C=O) groups excluding carboxylic acids is 1. The first-order chi connectivity index (χ1) is 8.25. The van der Waals surface area contributed by atoms with Crippen LogP contribution in [0.2, 0.25) is 0 Å². The van der Waals surface area contributed by atoms with Crippen molar-refractivity contribution in [3.63, 3.8) is 0 Å². The lowest BCUT2D eigenvalue weighted by molar-refractivity contribution is -0.123. The molecule has 1 aliphatic heterocycles. The molecule has 2 rings (SSSR count). The Bertz CT molecular complexity index is 442. The van der Waals surface area contributed by atoms with Gasteiger partial charge in [-0.3, -0.25) is 4.79 Å². The number of rotatable bonds is 3. The monoisotopic (exact) mass is 232 g/mol. The Morgan fingerprint density at radius 3 is 2.59 bits per heavy atom. The van der Waals surface area contributed by atoms with Gasteiger partial charge in [0, 0.05) is 0 Å². The van der Waals surface area contributed by atoms with E-state index >= 15 is 0 Å². The predicted molar refractivity (Wildman–Crippen MR) is 65.6 cm³/mol. The molecule has 17 heavy (non-hydrogen) atoms. The molecule has 90 valence electrons. The largest absolute Gasteiger partial charge is 0.479 e. The normalized spacial score (nSPS) is 23.2. The second-order valence-electron chi connectivity index (χ2n) is 3.92. The molecule has 1 aliphatic rings. The maximum Gasteiger partial charge on any atom is 0.260 e. The van der Waals surface area contributed by atoms with Crippen LogP contribution in [0.1, 0.15) is 25.8 Å². The molecule has 4 nitrogen and oxygen atoms in total. The third-order valence-corrected chi connectivity index (χ3v) is 3.09. The molecule has 0 saturated carbocycles. The lowest BCUT2D eigenvalue weighted by Crippen LogP contribution is -2.43. The number of benzene rings is 1. The number of nitrogens with one attached hydrogen (secondary N) is 1. The van der Waals surface area contributed by atoms with Gasteiger partial charge in [0.15, 0.2) is 5.41 Å². The SMILES string of the molecule is CCOC1=NNC(=O)C1(CC)c1ccccc1. The van der Waals surface area contributed by atoms with Crippen molar-refractivity contribution >= 4 is 11.8 Å². The third-order valence-electron chi connectivity index (χ3n) is 3.09. The fraction of sp³-hybridized carbons (Fsp3) is 0.385. The van der Waals surface area contributed by atoms with Gasteiger partial charge in [-0.25, -0.2) is 5.43 Å². The van der Waals surface area contributed by atoms with Crippen molar-refractivity contribution in [1.82, 2.24) is 5.43 Å². The van der Waals surface area contributed by atoms with E-state index in [1.165, 1.54) is 0 Å². The zero-order valence-electron chi connectivity index (χ0n) is 10.1. The first-order valence-corrected chi connectivity index (χ1v) is 5.82. The molecule has 1 aromatic rings. The smallest absolute Gasteiger partial charge is 0.260 e. The maximum absolute atomic E-state index is 12.1. The predicted octanol–water partition coefficient (Wildman–Crippen LogP) is 1.81. The average molecular weight is 232 g/mol. The van der Waals surface area contributed by atoms with Gasteiger partial charge in [0.05, 0.1) is 6.61 Å². The Morgan fingerprint density at radius 2 is 2.00 bits per heavy atom. The van der Waals surface area contributed by atoms with E-state index in [4.69, 9.17) is 4.74 Å². The zero-order valence-corrected chi connectivity index (χ0v) is 10.1. The highest BCUT2D eigenvalue weighted by molar-refractivity contribution is 6.14. The van der Waals surface area contributed by atoms with Gasteiger partial charge in [-0.05, 0) is 18.9 Å². The molecule has 4 heteroatoms. The molecule has 1 amide bonds. The molecule has 1 unspecified atom stereocenters. The molecule has 0 aliphatic carbocycles. The highest BCUT2D eigenvalue weighted by atomic mass is 16.5. The second kappa shape index (κ2) is 4.57. The van der Waals surface area contributed by atoms with Crippen LogP contribution < -0.4 is 5.43 Å². The Hall–Kier alpha value is -1.84. The molecule has 0 spiro atoms. The number of carbonyl (C=O) groups is 1. The van der Waals surface area contributed by atoms with Gasteiger partial charge in [0.25, 0.3) is 5.91 Å². The number of ether oxygens (including phenoxy) is 1. The number of hydrogen-bond acceptors (Lipinski definition) is 3. The van der Waals surface area contributed by atoms with Crippen LogP contribution in [0.5, 0.6) is 0 Å². The fourth-order valence-electron chi connectivity index (χ4n) is 2.17. The van der Waals surface area contributed by atoms with Crippen LogP contribution in [0.25, 0.3) is 0 Å². The summed E-state index contributed by atoms with van der Waals surface area (Å²) in [5.41, 5.74) is 2.67. The summed E-state index contributed by atoms with van der Waals surface area (Å²) in [4.78, 5) is 12.1. The van der Waals surface area contributed by atoms with Gasteiger partial charge in [-0.1, -0.05) is 37.3 Å². The summed E-state index contributed by atoms with van der Waals surface area (Å²) in [7, 11) is 0. The van der Waals surface area contributed by atoms with E-state index in [0.717, 1.165) is 5.56 Å². The Labute approximate surface area is 101 Å². The first kappa shape index (κ1) is 11.6. The van der Waals surface area contributed by atoms with Crippen LogP contribution in [0.3, 0.4) is 0 Å². The molecule has 0 bridgehead atoms. The summed E-state index contributed by atoms with van der Waals surface area (Å²) in [6.07, 6.45) is 0.627. The number of hydrogen-bond donors (Lipinski definition) is 1. The van der Waals surface area contributed by atoms with E-state index < -0.39 is 5.41 Å². The molecule has 0 aromatic heterocycles. The minimum atomic E-state index is -0.767. The van der Waals surface area contributed by atoms with E-state index in [1.807, 2.05) is 44.2 Å². The van der Waals surface area contributed by atoms with E-state index in [0.29, 0.717) is 18.9 Å². The summed E-state index contributed by atoms with van der Waals surface area (Å²) in [5, 5.41) is 4.00. The lowest BCUT2D eigenvalue weighted by atomic mass is 9.77. The second-order valence-corrected chi connectivity index (χ2v) is 3.92. The summed E-state index contributed by atoms with van der Waals surface area (Å²) in [6, 6.07) is 9.63. The summed E-state index contributed by atoms with van der Waals surface area (Å²) >= 11 is 0. The molecule has 1 N–H and O–H groups in total. The summed E-state index contributed by atoms with van der Waals surface area (Å²) < 4.78 is 5.50. The number of amides is 1. The van der Waals surface area contributed by atoms with Crippen molar-refractivity contribution in [2.24, 2.45) is 5.10 Å². The van der Waals surface area contributed by atoms with Crippen LogP contribution in [-0.2, 0) is 14.9 Å². The van der Waals surface area contributed by atoms with Gasteiger partial charge in [-0.15, -0.1) is 5.10 Å². The summed E-state index contributed by atoms with van der Waals surface area (Å²) in [5.74, 6) is 0.355. The highest BCUT2D eigenvalue weighted by Crippen LogP contribution is 2.33. The van der Waals surface area contributed by atoms with Crippen LogP contribution >= 0.6 is 0 Å². The minimum absolute atomic E-state index is 0.116. The molecular weight excluding hydrogens is 216 g/mol. The van der Waals surface area contributed by atoms with Crippen molar-refractivity contribution in [3.8, 4) is 0 Å². The van der Waals surface area contributed by atoms with Crippen LogP contribution in [0, 0.1) is 0 Å². The quantitative estimate of drug-likeness (QED) is 0.864.